The first kappa shape index (κ1) is 14.2. The molecule has 0 aliphatic carbocycles. The lowest BCUT2D eigenvalue weighted by Gasteiger charge is -2.06. The Morgan fingerprint density at radius 2 is 1.76 bits per heavy atom. The maximum atomic E-state index is 11.6. The first-order valence-corrected chi connectivity index (χ1v) is 7.42. The molecule has 0 atom stereocenters. The minimum atomic E-state index is -3.07. The second kappa shape index (κ2) is 6.74. The molecule has 0 heterocycles. The fourth-order valence-corrected chi connectivity index (χ4v) is 2.31. The van der Waals surface area contributed by atoms with E-state index in [0.717, 1.165) is 25.2 Å². The lowest BCUT2D eigenvalue weighted by molar-refractivity contribution is 0.597. The summed E-state index contributed by atoms with van der Waals surface area (Å²) in [7, 11) is -1.17. The molecule has 0 amide bonds. The molecule has 1 rings (SSSR count). The third-order valence-corrected chi connectivity index (χ3v) is 4.29. The summed E-state index contributed by atoms with van der Waals surface area (Å²) in [6.45, 7) is 4.23. The van der Waals surface area contributed by atoms with Crippen molar-refractivity contribution in [1.82, 2.24) is 10.6 Å². The Hall–Kier alpha value is -0.910. The van der Waals surface area contributed by atoms with Gasteiger partial charge >= 0.3 is 0 Å². The molecule has 0 bridgehead atoms. The summed E-state index contributed by atoms with van der Waals surface area (Å²) in [4.78, 5) is 0.402. The molecule has 1 aromatic rings. The fourth-order valence-electron chi connectivity index (χ4n) is 1.43. The molecule has 0 fully saturated rings. The van der Waals surface area contributed by atoms with E-state index >= 15 is 0 Å². The number of nitrogens with one attached hydrogen (secondary N) is 2. The van der Waals surface area contributed by atoms with E-state index in [1.807, 2.05) is 19.2 Å². The van der Waals surface area contributed by atoms with E-state index in [2.05, 4.69) is 10.6 Å². The van der Waals surface area contributed by atoms with E-state index < -0.39 is 9.84 Å². The van der Waals surface area contributed by atoms with Crippen LogP contribution in [0, 0.1) is 0 Å². The van der Waals surface area contributed by atoms with Crippen LogP contribution in [0.25, 0.3) is 0 Å². The fraction of sp³-hybridized carbons (Fsp3) is 0.500. The average Bonchev–Trinajstić information content (AvgIpc) is 2.35. The zero-order valence-electron chi connectivity index (χ0n) is 10.4. The molecule has 0 aliphatic heterocycles. The Morgan fingerprint density at radius 1 is 1.12 bits per heavy atom. The normalized spacial score (nSPS) is 11.6. The number of hydrogen-bond acceptors (Lipinski definition) is 4. The summed E-state index contributed by atoms with van der Waals surface area (Å²) in [5.41, 5.74) is 1.09. The molecule has 5 heteroatoms. The summed E-state index contributed by atoms with van der Waals surface area (Å²) < 4.78 is 23.2. The first-order valence-electron chi connectivity index (χ1n) is 5.77. The maximum Gasteiger partial charge on any atom is 0.178 e. The average molecular weight is 256 g/mol. The van der Waals surface area contributed by atoms with Crippen LogP contribution in [0.15, 0.2) is 29.2 Å². The Balaban J connectivity index is 2.57. The molecule has 0 saturated heterocycles. The largest absolute Gasteiger partial charge is 0.318 e. The molecule has 0 radical (unpaired) electrons. The van der Waals surface area contributed by atoms with Gasteiger partial charge in [0.15, 0.2) is 9.84 Å². The maximum absolute atomic E-state index is 11.6. The highest BCUT2D eigenvalue weighted by molar-refractivity contribution is 7.91. The van der Waals surface area contributed by atoms with Crippen molar-refractivity contribution < 1.29 is 8.42 Å². The summed E-state index contributed by atoms with van der Waals surface area (Å²) in [6.07, 6.45) is 0. The van der Waals surface area contributed by atoms with E-state index in [9.17, 15) is 8.42 Å². The van der Waals surface area contributed by atoms with Gasteiger partial charge in [-0.2, -0.15) is 0 Å². The van der Waals surface area contributed by atoms with Crippen LogP contribution in [-0.2, 0) is 16.4 Å². The lowest BCUT2D eigenvalue weighted by atomic mass is 10.2. The van der Waals surface area contributed by atoms with Gasteiger partial charge in [0, 0.05) is 19.6 Å². The highest BCUT2D eigenvalue weighted by atomic mass is 32.2. The topological polar surface area (TPSA) is 58.2 Å². The Bertz CT molecular complexity index is 426. The first-order chi connectivity index (χ1) is 8.10. The van der Waals surface area contributed by atoms with Crippen LogP contribution in [0.1, 0.15) is 12.5 Å². The molecule has 2 N–H and O–H groups in total. The van der Waals surface area contributed by atoms with Crippen LogP contribution >= 0.6 is 0 Å². The highest BCUT2D eigenvalue weighted by Gasteiger charge is 2.10. The standard InChI is InChI=1S/C12H20N2O2S/c1-3-17(15,16)12-6-4-11(5-7-12)10-14-9-8-13-2/h4-7,13-14H,3,8-10H2,1-2H3. The Kier molecular flexibility index (Phi) is 5.61. The Labute approximate surface area is 103 Å². The van der Waals surface area contributed by atoms with Gasteiger partial charge in [-0.1, -0.05) is 19.1 Å². The summed E-state index contributed by atoms with van der Waals surface area (Å²) >= 11 is 0. The third kappa shape index (κ3) is 4.46. The SMILES string of the molecule is CCS(=O)(=O)c1ccc(CNCCNC)cc1. The third-order valence-electron chi connectivity index (χ3n) is 2.54. The van der Waals surface area contributed by atoms with Crippen molar-refractivity contribution in [2.45, 2.75) is 18.4 Å². The van der Waals surface area contributed by atoms with E-state index in [4.69, 9.17) is 0 Å². The van der Waals surface area contributed by atoms with Crippen molar-refractivity contribution in [3.63, 3.8) is 0 Å². The Morgan fingerprint density at radius 3 is 2.29 bits per heavy atom. The molecule has 96 valence electrons. The molecular weight excluding hydrogens is 236 g/mol. The molecule has 0 unspecified atom stereocenters. The second-order valence-electron chi connectivity index (χ2n) is 3.83. The van der Waals surface area contributed by atoms with E-state index in [1.54, 1.807) is 19.1 Å². The predicted molar refractivity (Wildman–Crippen MR) is 69.8 cm³/mol. The van der Waals surface area contributed by atoms with Crippen LogP contribution in [0.2, 0.25) is 0 Å². The number of rotatable bonds is 7. The van der Waals surface area contributed by atoms with Crippen molar-refractivity contribution in [3.8, 4) is 0 Å². The number of likely N-dealkylation sites (N-methyl/N-ethyl adjacent to an activating group) is 1. The van der Waals surface area contributed by atoms with Crippen LogP contribution in [0.5, 0.6) is 0 Å². The van der Waals surface area contributed by atoms with Gasteiger partial charge in [0.1, 0.15) is 0 Å². The van der Waals surface area contributed by atoms with E-state index in [1.165, 1.54) is 0 Å². The summed E-state index contributed by atoms with van der Waals surface area (Å²) in [6, 6.07) is 7.06. The van der Waals surface area contributed by atoms with Crippen molar-refractivity contribution in [1.29, 1.82) is 0 Å². The second-order valence-corrected chi connectivity index (χ2v) is 6.11. The van der Waals surface area contributed by atoms with Crippen LogP contribution in [-0.4, -0.2) is 34.3 Å². The minimum absolute atomic E-state index is 0.146. The molecule has 0 saturated carbocycles. The molecule has 0 aliphatic rings. The van der Waals surface area contributed by atoms with Gasteiger partial charge in [-0.3, -0.25) is 0 Å². The number of benzene rings is 1. The highest BCUT2D eigenvalue weighted by Crippen LogP contribution is 2.12. The zero-order valence-corrected chi connectivity index (χ0v) is 11.2. The van der Waals surface area contributed by atoms with Gasteiger partial charge in [-0.05, 0) is 24.7 Å². The van der Waals surface area contributed by atoms with Gasteiger partial charge in [-0.25, -0.2) is 8.42 Å². The smallest absolute Gasteiger partial charge is 0.178 e. The molecule has 0 aromatic heterocycles. The van der Waals surface area contributed by atoms with Crippen LogP contribution in [0.4, 0.5) is 0 Å². The minimum Gasteiger partial charge on any atom is -0.318 e. The predicted octanol–water partition coefficient (Wildman–Crippen LogP) is 0.789. The quantitative estimate of drug-likeness (QED) is 0.708. The van der Waals surface area contributed by atoms with Crippen molar-refractivity contribution >= 4 is 9.84 Å². The summed E-state index contributed by atoms with van der Waals surface area (Å²) in [5.74, 6) is 0.146. The van der Waals surface area contributed by atoms with Crippen LogP contribution < -0.4 is 10.6 Å². The zero-order chi connectivity index (χ0) is 12.7. The lowest BCUT2D eigenvalue weighted by Crippen LogP contribution is -2.24. The van der Waals surface area contributed by atoms with Gasteiger partial charge < -0.3 is 10.6 Å². The molecule has 0 spiro atoms. The molecule has 4 nitrogen and oxygen atoms in total. The molecule has 1 aromatic carbocycles. The van der Waals surface area contributed by atoms with Crippen LogP contribution in [0.3, 0.4) is 0 Å². The number of sulfone groups is 1. The monoisotopic (exact) mass is 256 g/mol. The number of hydrogen-bond donors (Lipinski definition) is 2. The van der Waals surface area contributed by atoms with Gasteiger partial charge in [0.2, 0.25) is 0 Å². The summed E-state index contributed by atoms with van der Waals surface area (Å²) in [5, 5.41) is 6.31. The van der Waals surface area contributed by atoms with Gasteiger partial charge in [0.05, 0.1) is 10.6 Å². The van der Waals surface area contributed by atoms with E-state index in [0.29, 0.717) is 4.90 Å². The van der Waals surface area contributed by atoms with Crippen molar-refractivity contribution in [3.05, 3.63) is 29.8 Å². The van der Waals surface area contributed by atoms with E-state index in [-0.39, 0.29) is 5.75 Å². The van der Waals surface area contributed by atoms with Crippen molar-refractivity contribution in [2.75, 3.05) is 25.9 Å². The van der Waals surface area contributed by atoms with Gasteiger partial charge in [-0.15, -0.1) is 0 Å². The molecule has 17 heavy (non-hydrogen) atoms. The van der Waals surface area contributed by atoms with Gasteiger partial charge in [0.25, 0.3) is 0 Å². The van der Waals surface area contributed by atoms with Crippen molar-refractivity contribution in [2.24, 2.45) is 0 Å². The molecular formula is C12H20N2O2S.